The van der Waals surface area contributed by atoms with E-state index in [1.165, 1.54) is 10.8 Å². The van der Waals surface area contributed by atoms with Crippen LogP contribution in [0.5, 0.6) is 0 Å². The molecule has 0 fully saturated rings. The molecule has 0 unspecified atom stereocenters. The van der Waals surface area contributed by atoms with Crippen LogP contribution in [0.15, 0.2) is 6.20 Å². The molecular weight excluding hydrogens is 232 g/mol. The number of hydrogen-bond acceptors (Lipinski definition) is 4. The molecule has 0 amide bonds. The third kappa shape index (κ3) is 2.82. The van der Waals surface area contributed by atoms with Crippen LogP contribution in [0.2, 0.25) is 0 Å². The van der Waals surface area contributed by atoms with Gasteiger partial charge in [0.1, 0.15) is 0 Å². The van der Waals surface area contributed by atoms with Gasteiger partial charge in [0.15, 0.2) is 9.84 Å². The summed E-state index contributed by atoms with van der Waals surface area (Å²) in [6.07, 6.45) is 1.47. The molecule has 0 saturated carbocycles. The monoisotopic (exact) mass is 246 g/mol. The first-order chi connectivity index (χ1) is 7.39. The molecule has 0 bridgehead atoms. The second kappa shape index (κ2) is 4.65. The topological polar surface area (TPSA) is 89.3 Å². The van der Waals surface area contributed by atoms with Crippen molar-refractivity contribution < 1.29 is 18.3 Å². The summed E-state index contributed by atoms with van der Waals surface area (Å²) >= 11 is 0. The summed E-state index contributed by atoms with van der Waals surface area (Å²) in [4.78, 5) is 14.6. The molecule has 0 atom stereocenters. The van der Waals surface area contributed by atoms with Gasteiger partial charge >= 0.3 is 5.97 Å². The fourth-order valence-electron chi connectivity index (χ4n) is 1.28. The SMILES string of the molecule is CCn1cc(CS(=O)(=O)CC)nc1C(=O)O. The highest BCUT2D eigenvalue weighted by atomic mass is 32.2. The number of aryl methyl sites for hydroxylation is 1. The first-order valence-electron chi connectivity index (χ1n) is 4.89. The molecule has 1 rings (SSSR count). The Hall–Kier alpha value is -1.37. The number of imidazole rings is 1. The molecule has 90 valence electrons. The van der Waals surface area contributed by atoms with Crippen molar-refractivity contribution in [2.45, 2.75) is 26.1 Å². The van der Waals surface area contributed by atoms with E-state index >= 15 is 0 Å². The van der Waals surface area contributed by atoms with Crippen LogP contribution in [0.4, 0.5) is 0 Å². The van der Waals surface area contributed by atoms with E-state index in [9.17, 15) is 13.2 Å². The number of aromatic carboxylic acids is 1. The first-order valence-corrected chi connectivity index (χ1v) is 6.71. The lowest BCUT2D eigenvalue weighted by atomic mass is 10.5. The number of aromatic nitrogens is 2. The number of carboxylic acids is 1. The van der Waals surface area contributed by atoms with Crippen LogP contribution in [-0.4, -0.2) is 34.8 Å². The van der Waals surface area contributed by atoms with Crippen molar-refractivity contribution in [3.05, 3.63) is 17.7 Å². The molecule has 0 aliphatic rings. The van der Waals surface area contributed by atoms with Gasteiger partial charge in [-0.2, -0.15) is 0 Å². The van der Waals surface area contributed by atoms with Gasteiger partial charge in [-0.15, -0.1) is 0 Å². The maximum atomic E-state index is 11.4. The summed E-state index contributed by atoms with van der Waals surface area (Å²) in [5, 5.41) is 8.83. The largest absolute Gasteiger partial charge is 0.475 e. The van der Waals surface area contributed by atoms with Crippen molar-refractivity contribution in [3.63, 3.8) is 0 Å². The fourth-order valence-corrected chi connectivity index (χ4v) is 2.07. The number of nitrogens with zero attached hydrogens (tertiary/aromatic N) is 2. The second-order valence-corrected chi connectivity index (χ2v) is 5.68. The molecule has 1 heterocycles. The highest BCUT2D eigenvalue weighted by Gasteiger charge is 2.17. The van der Waals surface area contributed by atoms with Crippen LogP contribution in [0, 0.1) is 0 Å². The summed E-state index contributed by atoms with van der Waals surface area (Å²) in [5.74, 6) is -1.46. The van der Waals surface area contributed by atoms with Crippen molar-refractivity contribution in [1.82, 2.24) is 9.55 Å². The van der Waals surface area contributed by atoms with Gasteiger partial charge in [-0.05, 0) is 6.92 Å². The predicted molar refractivity (Wildman–Crippen MR) is 58.0 cm³/mol. The van der Waals surface area contributed by atoms with E-state index in [-0.39, 0.29) is 23.0 Å². The molecule has 0 spiro atoms. The highest BCUT2D eigenvalue weighted by Crippen LogP contribution is 2.08. The van der Waals surface area contributed by atoms with E-state index in [1.54, 1.807) is 13.8 Å². The minimum absolute atomic E-state index is 0.0222. The first kappa shape index (κ1) is 12.7. The van der Waals surface area contributed by atoms with Crippen LogP contribution in [0.3, 0.4) is 0 Å². The summed E-state index contributed by atoms with van der Waals surface area (Å²) in [6.45, 7) is 3.76. The molecule has 1 N–H and O–H groups in total. The lowest BCUT2D eigenvalue weighted by molar-refractivity contribution is 0.0678. The van der Waals surface area contributed by atoms with Gasteiger partial charge in [0.2, 0.25) is 5.82 Å². The molecule has 7 heteroatoms. The molecule has 0 aromatic carbocycles. The van der Waals surface area contributed by atoms with E-state index in [0.29, 0.717) is 6.54 Å². The third-order valence-corrected chi connectivity index (χ3v) is 3.78. The lowest BCUT2D eigenvalue weighted by Crippen LogP contribution is -2.08. The van der Waals surface area contributed by atoms with Crippen LogP contribution in [0.25, 0.3) is 0 Å². The van der Waals surface area contributed by atoms with Gasteiger partial charge < -0.3 is 9.67 Å². The van der Waals surface area contributed by atoms with Crippen molar-refractivity contribution in [2.24, 2.45) is 0 Å². The number of hydrogen-bond donors (Lipinski definition) is 1. The van der Waals surface area contributed by atoms with Crippen molar-refractivity contribution >= 4 is 15.8 Å². The summed E-state index contributed by atoms with van der Waals surface area (Å²) in [5.41, 5.74) is 0.279. The zero-order chi connectivity index (χ0) is 12.3. The van der Waals surface area contributed by atoms with Gasteiger partial charge in [-0.25, -0.2) is 18.2 Å². The molecule has 0 saturated heterocycles. The lowest BCUT2D eigenvalue weighted by Gasteiger charge is -1.97. The van der Waals surface area contributed by atoms with Gasteiger partial charge in [0.25, 0.3) is 0 Å². The van der Waals surface area contributed by atoms with Crippen molar-refractivity contribution in [1.29, 1.82) is 0 Å². The minimum Gasteiger partial charge on any atom is -0.475 e. The molecule has 0 aliphatic heterocycles. The molecule has 16 heavy (non-hydrogen) atoms. The normalized spacial score (nSPS) is 11.6. The third-order valence-electron chi connectivity index (χ3n) is 2.17. The fraction of sp³-hybridized carbons (Fsp3) is 0.556. The average molecular weight is 246 g/mol. The Balaban J connectivity index is 3.05. The Morgan fingerprint density at radius 2 is 2.12 bits per heavy atom. The zero-order valence-electron chi connectivity index (χ0n) is 9.17. The van der Waals surface area contributed by atoms with E-state index in [2.05, 4.69) is 4.98 Å². The molecule has 6 nitrogen and oxygen atoms in total. The van der Waals surface area contributed by atoms with E-state index < -0.39 is 15.8 Å². The minimum atomic E-state index is -3.18. The molecular formula is C9H14N2O4S. The number of sulfone groups is 1. The van der Waals surface area contributed by atoms with Gasteiger partial charge in [0.05, 0.1) is 11.4 Å². The van der Waals surface area contributed by atoms with Crippen LogP contribution < -0.4 is 0 Å². The Bertz CT molecular complexity index is 490. The van der Waals surface area contributed by atoms with Crippen LogP contribution in [0.1, 0.15) is 30.2 Å². The average Bonchev–Trinajstić information content (AvgIpc) is 2.60. The van der Waals surface area contributed by atoms with E-state index in [4.69, 9.17) is 5.11 Å². The second-order valence-electron chi connectivity index (χ2n) is 3.32. The van der Waals surface area contributed by atoms with Gasteiger partial charge in [-0.1, -0.05) is 6.92 Å². The number of rotatable bonds is 5. The van der Waals surface area contributed by atoms with Gasteiger partial charge in [-0.3, -0.25) is 0 Å². The number of carboxylic acid groups (broad SMARTS) is 1. The summed E-state index contributed by atoms with van der Waals surface area (Å²) in [6, 6.07) is 0. The Labute approximate surface area is 93.8 Å². The molecule has 0 radical (unpaired) electrons. The Morgan fingerprint density at radius 3 is 2.50 bits per heavy atom. The smallest absolute Gasteiger partial charge is 0.372 e. The van der Waals surface area contributed by atoms with Crippen molar-refractivity contribution in [2.75, 3.05) is 5.75 Å². The highest BCUT2D eigenvalue weighted by molar-refractivity contribution is 7.90. The van der Waals surface area contributed by atoms with Gasteiger partial charge in [0, 0.05) is 18.5 Å². The maximum absolute atomic E-state index is 11.4. The Kier molecular flexibility index (Phi) is 3.69. The molecule has 1 aromatic heterocycles. The Morgan fingerprint density at radius 1 is 1.50 bits per heavy atom. The van der Waals surface area contributed by atoms with Crippen molar-refractivity contribution in [3.8, 4) is 0 Å². The molecule has 1 aromatic rings. The summed E-state index contributed by atoms with van der Waals surface area (Å²) in [7, 11) is -3.18. The quantitative estimate of drug-likeness (QED) is 0.818. The maximum Gasteiger partial charge on any atom is 0.372 e. The summed E-state index contributed by atoms with van der Waals surface area (Å²) < 4.78 is 24.1. The zero-order valence-corrected chi connectivity index (χ0v) is 9.99. The van der Waals surface area contributed by atoms with E-state index in [0.717, 1.165) is 0 Å². The molecule has 0 aliphatic carbocycles. The van der Waals surface area contributed by atoms with E-state index in [1.807, 2.05) is 0 Å². The van der Waals surface area contributed by atoms with Crippen LogP contribution in [-0.2, 0) is 22.1 Å². The van der Waals surface area contributed by atoms with Crippen LogP contribution >= 0.6 is 0 Å². The standard InChI is InChI=1S/C9H14N2O4S/c1-3-11-5-7(6-16(14,15)4-2)10-8(11)9(12)13/h5H,3-4,6H2,1-2H3,(H,12,13). The predicted octanol–water partition coefficient (Wildman–Crippen LogP) is 0.536. The number of carbonyl (C=O) groups is 1.